The van der Waals surface area contributed by atoms with Crippen molar-refractivity contribution in [1.29, 1.82) is 0 Å². The minimum absolute atomic E-state index is 0.650. The van der Waals surface area contributed by atoms with Crippen LogP contribution < -0.4 is 0 Å². The lowest BCUT2D eigenvalue weighted by Crippen LogP contribution is -2.41. The molecule has 1 fully saturated rings. The summed E-state index contributed by atoms with van der Waals surface area (Å²) < 4.78 is 0. The van der Waals surface area contributed by atoms with Crippen LogP contribution in [0.15, 0.2) is 24.3 Å². The number of rotatable bonds is 0. The third kappa shape index (κ3) is 1.45. The molecular formula is C16H20N2. The molecule has 0 amide bonds. The van der Waals surface area contributed by atoms with Crippen LogP contribution in [0.2, 0.25) is 0 Å². The molecular weight excluding hydrogens is 220 g/mol. The molecule has 2 nitrogen and oxygen atoms in total. The molecule has 0 aliphatic carbocycles. The Morgan fingerprint density at radius 2 is 2.11 bits per heavy atom. The minimum Gasteiger partial charge on any atom is -0.357 e. The summed E-state index contributed by atoms with van der Waals surface area (Å²) in [6, 6.07) is 9.42. The number of para-hydroxylation sites is 1. The molecule has 1 aromatic carbocycles. The maximum Gasteiger partial charge on any atom is 0.0501 e. The van der Waals surface area contributed by atoms with Gasteiger partial charge in [0, 0.05) is 29.7 Å². The number of nitrogens with zero attached hydrogens (tertiary/aromatic N) is 1. The normalized spacial score (nSPS) is 28.1. The van der Waals surface area contributed by atoms with Gasteiger partial charge in [-0.1, -0.05) is 25.1 Å². The average molecular weight is 240 g/mol. The van der Waals surface area contributed by atoms with Crippen molar-refractivity contribution in [2.45, 2.75) is 32.2 Å². The van der Waals surface area contributed by atoms with Crippen LogP contribution in [0.4, 0.5) is 0 Å². The van der Waals surface area contributed by atoms with Gasteiger partial charge >= 0.3 is 0 Å². The van der Waals surface area contributed by atoms with Crippen LogP contribution in [0.3, 0.4) is 0 Å². The Balaban J connectivity index is 1.83. The van der Waals surface area contributed by atoms with Gasteiger partial charge in [-0.05, 0) is 36.8 Å². The van der Waals surface area contributed by atoms with Crippen LogP contribution in [-0.4, -0.2) is 23.0 Å². The second-order valence-electron chi connectivity index (χ2n) is 6.01. The molecule has 3 heterocycles. The molecule has 4 rings (SSSR count). The summed E-state index contributed by atoms with van der Waals surface area (Å²) in [6.45, 7) is 4.90. The van der Waals surface area contributed by atoms with Crippen molar-refractivity contribution in [2.24, 2.45) is 5.92 Å². The Morgan fingerprint density at radius 3 is 3.06 bits per heavy atom. The van der Waals surface area contributed by atoms with Crippen LogP contribution in [0.25, 0.3) is 10.9 Å². The van der Waals surface area contributed by atoms with Crippen LogP contribution in [-0.2, 0) is 6.42 Å². The van der Waals surface area contributed by atoms with Crippen LogP contribution >= 0.6 is 0 Å². The molecule has 2 aromatic rings. The summed E-state index contributed by atoms with van der Waals surface area (Å²) in [6.07, 6.45) is 3.90. The summed E-state index contributed by atoms with van der Waals surface area (Å²) in [5.41, 5.74) is 4.42. The molecule has 18 heavy (non-hydrogen) atoms. The highest BCUT2D eigenvalue weighted by Gasteiger charge is 2.33. The molecule has 2 atom stereocenters. The van der Waals surface area contributed by atoms with Gasteiger partial charge in [0.05, 0.1) is 6.04 Å². The first-order valence-electron chi connectivity index (χ1n) is 7.16. The third-order valence-corrected chi connectivity index (χ3v) is 4.75. The molecule has 1 aromatic heterocycles. The van der Waals surface area contributed by atoms with E-state index < -0.39 is 0 Å². The summed E-state index contributed by atoms with van der Waals surface area (Å²) in [5.74, 6) is 0.868. The van der Waals surface area contributed by atoms with Crippen LogP contribution in [0.5, 0.6) is 0 Å². The molecule has 0 bridgehead atoms. The molecule has 1 N–H and O–H groups in total. The Labute approximate surface area is 108 Å². The maximum atomic E-state index is 3.69. The molecule has 1 saturated heterocycles. The lowest BCUT2D eigenvalue weighted by Gasteiger charge is -2.41. The van der Waals surface area contributed by atoms with Crippen molar-refractivity contribution in [2.75, 3.05) is 13.1 Å². The van der Waals surface area contributed by atoms with E-state index in [2.05, 4.69) is 41.1 Å². The van der Waals surface area contributed by atoms with Gasteiger partial charge in [0.1, 0.15) is 0 Å². The van der Waals surface area contributed by atoms with Crippen molar-refractivity contribution in [3.8, 4) is 0 Å². The van der Waals surface area contributed by atoms with Gasteiger partial charge in [0.25, 0.3) is 0 Å². The van der Waals surface area contributed by atoms with Crippen LogP contribution in [0.1, 0.15) is 37.1 Å². The van der Waals surface area contributed by atoms with Gasteiger partial charge in [0.2, 0.25) is 0 Å². The predicted molar refractivity (Wildman–Crippen MR) is 74.7 cm³/mol. The smallest absolute Gasteiger partial charge is 0.0501 e. The number of aromatic amines is 1. The second-order valence-corrected chi connectivity index (χ2v) is 6.01. The summed E-state index contributed by atoms with van der Waals surface area (Å²) >= 11 is 0. The fraction of sp³-hybridized carbons (Fsp3) is 0.500. The van der Waals surface area contributed by atoms with Gasteiger partial charge in [-0.15, -0.1) is 0 Å². The van der Waals surface area contributed by atoms with E-state index in [1.165, 1.54) is 48.9 Å². The van der Waals surface area contributed by atoms with Crippen LogP contribution in [0, 0.1) is 5.92 Å². The Bertz CT molecular complexity index is 584. The quantitative estimate of drug-likeness (QED) is 0.746. The molecule has 94 valence electrons. The lowest BCUT2D eigenvalue weighted by atomic mass is 9.87. The Hall–Kier alpha value is -1.28. The highest BCUT2D eigenvalue weighted by molar-refractivity contribution is 5.85. The van der Waals surface area contributed by atoms with Gasteiger partial charge in [-0.2, -0.15) is 0 Å². The van der Waals surface area contributed by atoms with E-state index in [0.29, 0.717) is 6.04 Å². The zero-order valence-electron chi connectivity index (χ0n) is 10.9. The number of aromatic nitrogens is 1. The van der Waals surface area contributed by atoms with Gasteiger partial charge in [-0.25, -0.2) is 0 Å². The van der Waals surface area contributed by atoms with Crippen molar-refractivity contribution >= 4 is 10.9 Å². The topological polar surface area (TPSA) is 19.0 Å². The highest BCUT2D eigenvalue weighted by atomic mass is 15.2. The van der Waals surface area contributed by atoms with E-state index in [1.807, 2.05) is 0 Å². The minimum atomic E-state index is 0.650. The molecule has 0 radical (unpaired) electrons. The number of H-pyrrole nitrogens is 1. The van der Waals surface area contributed by atoms with E-state index in [1.54, 1.807) is 5.56 Å². The fourth-order valence-electron chi connectivity index (χ4n) is 3.85. The van der Waals surface area contributed by atoms with Gasteiger partial charge in [-0.3, -0.25) is 4.90 Å². The van der Waals surface area contributed by atoms with E-state index in [9.17, 15) is 0 Å². The van der Waals surface area contributed by atoms with Gasteiger partial charge < -0.3 is 4.98 Å². The van der Waals surface area contributed by atoms with Gasteiger partial charge in [0.15, 0.2) is 0 Å². The summed E-state index contributed by atoms with van der Waals surface area (Å²) in [4.78, 5) is 6.37. The zero-order valence-corrected chi connectivity index (χ0v) is 10.9. The molecule has 0 saturated carbocycles. The largest absolute Gasteiger partial charge is 0.357 e. The first-order valence-corrected chi connectivity index (χ1v) is 7.16. The lowest BCUT2D eigenvalue weighted by molar-refractivity contribution is 0.103. The SMILES string of the molecule is C[C@H]1CC[C@@H]2c3[nH]c4ccccc4c3CCN2C1. The Kier molecular flexibility index (Phi) is 2.28. The zero-order chi connectivity index (χ0) is 12.1. The number of benzene rings is 1. The van der Waals surface area contributed by atoms with Crippen molar-refractivity contribution < 1.29 is 0 Å². The predicted octanol–water partition coefficient (Wildman–Crippen LogP) is 3.50. The first kappa shape index (κ1) is 10.6. The average Bonchev–Trinajstić information content (AvgIpc) is 2.77. The number of hydrogen-bond donors (Lipinski definition) is 1. The molecule has 0 unspecified atom stereocenters. The van der Waals surface area contributed by atoms with Crippen molar-refractivity contribution in [1.82, 2.24) is 9.88 Å². The molecule has 0 spiro atoms. The highest BCUT2D eigenvalue weighted by Crippen LogP contribution is 2.40. The Morgan fingerprint density at radius 1 is 1.22 bits per heavy atom. The first-order chi connectivity index (χ1) is 8.83. The van der Waals surface area contributed by atoms with E-state index in [0.717, 1.165) is 5.92 Å². The number of nitrogens with one attached hydrogen (secondary N) is 1. The number of piperidine rings is 1. The monoisotopic (exact) mass is 240 g/mol. The molecule has 2 aliphatic heterocycles. The standard InChI is InChI=1S/C16H20N2/c1-11-6-7-15-16-13(8-9-18(15)10-11)12-4-2-3-5-14(12)17-16/h2-5,11,15,17H,6-10H2,1H3/t11-,15+/m0/s1. The fourth-order valence-corrected chi connectivity index (χ4v) is 3.85. The van der Waals surface area contributed by atoms with E-state index >= 15 is 0 Å². The molecule has 2 aliphatic rings. The second kappa shape index (κ2) is 3.86. The molecule has 2 heteroatoms. The maximum absolute atomic E-state index is 3.69. The number of fused-ring (bicyclic) bond motifs is 5. The third-order valence-electron chi connectivity index (χ3n) is 4.75. The summed E-state index contributed by atoms with van der Waals surface area (Å²) in [7, 11) is 0. The van der Waals surface area contributed by atoms with Crippen molar-refractivity contribution in [3.05, 3.63) is 35.5 Å². The number of hydrogen-bond acceptors (Lipinski definition) is 1. The van der Waals surface area contributed by atoms with Crippen molar-refractivity contribution in [3.63, 3.8) is 0 Å². The van der Waals surface area contributed by atoms with E-state index in [-0.39, 0.29) is 0 Å². The summed E-state index contributed by atoms with van der Waals surface area (Å²) in [5, 5.41) is 1.45. The van der Waals surface area contributed by atoms with E-state index in [4.69, 9.17) is 0 Å².